The van der Waals surface area contributed by atoms with Gasteiger partial charge in [0.25, 0.3) is 17.4 Å². The first-order valence-corrected chi connectivity index (χ1v) is 10.4. The van der Waals surface area contributed by atoms with Crippen LogP contribution < -0.4 is 5.56 Å². The van der Waals surface area contributed by atoms with Gasteiger partial charge in [0.05, 0.1) is 22.2 Å². The lowest BCUT2D eigenvalue weighted by atomic mass is 10.1. The number of amides is 2. The van der Waals surface area contributed by atoms with Crippen LogP contribution in [0.5, 0.6) is 0 Å². The highest BCUT2D eigenvalue weighted by atomic mass is 79.9. The number of rotatable bonds is 2. The highest BCUT2D eigenvalue weighted by Crippen LogP contribution is 2.28. The summed E-state index contributed by atoms with van der Waals surface area (Å²) in [6.07, 6.45) is 1.35. The molecule has 3 heterocycles. The monoisotopic (exact) mass is 460 g/mol. The van der Waals surface area contributed by atoms with Gasteiger partial charge in [-0.25, -0.2) is 4.98 Å². The molecule has 2 amide bonds. The maximum atomic E-state index is 13.0. The van der Waals surface area contributed by atoms with Crippen molar-refractivity contribution in [1.29, 1.82) is 0 Å². The second-order valence-corrected chi connectivity index (χ2v) is 8.39. The smallest absolute Gasteiger partial charge is 0.264 e. The van der Waals surface area contributed by atoms with Crippen LogP contribution in [0.2, 0.25) is 0 Å². The molecule has 2 aromatic heterocycles. The molecule has 0 spiro atoms. The van der Waals surface area contributed by atoms with Crippen molar-refractivity contribution in [1.82, 2.24) is 19.8 Å². The average Bonchev–Trinajstić information content (AvgIpc) is 3.05. The molecule has 0 unspecified atom stereocenters. The minimum Gasteiger partial charge on any atom is -0.335 e. The highest BCUT2D eigenvalue weighted by molar-refractivity contribution is 9.10. The number of aromatic nitrogens is 2. The summed E-state index contributed by atoms with van der Waals surface area (Å²) in [5.41, 5.74) is 1.04. The van der Waals surface area contributed by atoms with Gasteiger partial charge in [-0.2, -0.15) is 0 Å². The Kier molecular flexibility index (Phi) is 5.03. The van der Waals surface area contributed by atoms with E-state index in [1.165, 1.54) is 17.7 Å². The maximum Gasteiger partial charge on any atom is 0.264 e. The van der Waals surface area contributed by atoms with Gasteiger partial charge >= 0.3 is 0 Å². The minimum absolute atomic E-state index is 0.0478. The molecular weight excluding hydrogens is 444 g/mol. The van der Waals surface area contributed by atoms with Crippen LogP contribution >= 0.6 is 27.3 Å². The van der Waals surface area contributed by atoms with Crippen LogP contribution in [0, 0.1) is 6.92 Å². The Hall–Kier alpha value is -2.52. The van der Waals surface area contributed by atoms with Crippen LogP contribution in [0.25, 0.3) is 10.2 Å². The van der Waals surface area contributed by atoms with Crippen LogP contribution in [0.15, 0.2) is 39.9 Å². The van der Waals surface area contributed by atoms with Crippen molar-refractivity contribution >= 4 is 49.3 Å². The number of hydrogen-bond acceptors (Lipinski definition) is 5. The van der Waals surface area contributed by atoms with E-state index >= 15 is 0 Å². The Bertz CT molecular complexity index is 1130. The summed E-state index contributed by atoms with van der Waals surface area (Å²) >= 11 is 4.65. The molecule has 3 aromatic rings. The Morgan fingerprint density at radius 2 is 1.75 bits per heavy atom. The number of benzene rings is 1. The molecule has 1 N–H and O–H groups in total. The second kappa shape index (κ2) is 7.48. The quantitative estimate of drug-likeness (QED) is 0.636. The van der Waals surface area contributed by atoms with Gasteiger partial charge in [0, 0.05) is 30.7 Å². The lowest BCUT2D eigenvalue weighted by Gasteiger charge is -2.34. The predicted molar refractivity (Wildman–Crippen MR) is 111 cm³/mol. The molecule has 28 heavy (non-hydrogen) atoms. The van der Waals surface area contributed by atoms with Crippen molar-refractivity contribution in [3.63, 3.8) is 0 Å². The standard InChI is InChI=1S/C19H17BrN4O3S/c1-11-14-16(25)21-10-22-17(14)28-15(11)19(27)24-8-6-23(7-9-24)18(26)12-4-2-3-5-13(12)20/h2-5,10H,6-9H2,1H3,(H,21,22,25). The first kappa shape index (κ1) is 18.8. The van der Waals surface area contributed by atoms with Crippen molar-refractivity contribution < 1.29 is 9.59 Å². The van der Waals surface area contributed by atoms with E-state index in [2.05, 4.69) is 25.9 Å². The largest absolute Gasteiger partial charge is 0.335 e. The zero-order chi connectivity index (χ0) is 19.8. The van der Waals surface area contributed by atoms with E-state index in [1.54, 1.807) is 22.8 Å². The zero-order valence-corrected chi connectivity index (χ0v) is 17.5. The van der Waals surface area contributed by atoms with Crippen LogP contribution in [0.1, 0.15) is 25.6 Å². The third-order valence-corrected chi connectivity index (χ3v) is 6.76. The number of fused-ring (bicyclic) bond motifs is 1. The van der Waals surface area contributed by atoms with Gasteiger partial charge in [-0.1, -0.05) is 12.1 Å². The van der Waals surface area contributed by atoms with Gasteiger partial charge in [0.15, 0.2) is 0 Å². The molecule has 0 atom stereocenters. The van der Waals surface area contributed by atoms with Crippen molar-refractivity contribution in [3.05, 3.63) is 61.4 Å². The van der Waals surface area contributed by atoms with E-state index in [0.29, 0.717) is 52.4 Å². The summed E-state index contributed by atoms with van der Waals surface area (Å²) in [4.78, 5) is 49.0. The van der Waals surface area contributed by atoms with Gasteiger partial charge in [-0.05, 0) is 40.5 Å². The van der Waals surface area contributed by atoms with Crippen LogP contribution in [0.3, 0.4) is 0 Å². The molecule has 4 rings (SSSR count). The summed E-state index contributed by atoms with van der Waals surface area (Å²) < 4.78 is 0.761. The fourth-order valence-electron chi connectivity index (χ4n) is 3.34. The molecule has 1 aliphatic rings. The number of thiophene rings is 1. The maximum absolute atomic E-state index is 13.0. The van der Waals surface area contributed by atoms with Gasteiger partial charge in [-0.3, -0.25) is 14.4 Å². The third kappa shape index (κ3) is 3.24. The molecule has 1 saturated heterocycles. The van der Waals surface area contributed by atoms with E-state index in [-0.39, 0.29) is 17.4 Å². The van der Waals surface area contributed by atoms with Crippen molar-refractivity contribution in [3.8, 4) is 0 Å². The van der Waals surface area contributed by atoms with Crippen LogP contribution in [-0.4, -0.2) is 57.8 Å². The molecule has 0 bridgehead atoms. The van der Waals surface area contributed by atoms with E-state index in [0.717, 1.165) is 4.47 Å². The number of aromatic amines is 1. The third-order valence-electron chi connectivity index (χ3n) is 4.89. The number of carbonyl (C=O) groups is 2. The predicted octanol–water partition coefficient (Wildman–Crippen LogP) is 2.65. The molecule has 1 fully saturated rings. The molecule has 1 aliphatic heterocycles. The Balaban J connectivity index is 1.50. The number of halogens is 1. The molecule has 0 aliphatic carbocycles. The number of hydrogen-bond donors (Lipinski definition) is 1. The van der Waals surface area contributed by atoms with Crippen LogP contribution in [-0.2, 0) is 0 Å². The molecule has 1 aromatic carbocycles. The first-order valence-electron chi connectivity index (χ1n) is 8.77. The number of aryl methyl sites for hydroxylation is 1. The SMILES string of the molecule is Cc1c(C(=O)N2CCN(C(=O)c3ccccc3Br)CC2)sc2nc[nH]c(=O)c12. The summed E-state index contributed by atoms with van der Waals surface area (Å²) in [7, 11) is 0. The Morgan fingerprint density at radius 1 is 1.11 bits per heavy atom. The van der Waals surface area contributed by atoms with Crippen molar-refractivity contribution in [2.75, 3.05) is 26.2 Å². The first-order chi connectivity index (χ1) is 13.5. The lowest BCUT2D eigenvalue weighted by molar-refractivity contribution is 0.0537. The van der Waals surface area contributed by atoms with E-state index < -0.39 is 0 Å². The average molecular weight is 461 g/mol. The van der Waals surface area contributed by atoms with E-state index in [1.807, 2.05) is 18.2 Å². The number of carbonyl (C=O) groups excluding carboxylic acids is 2. The molecule has 9 heteroatoms. The summed E-state index contributed by atoms with van der Waals surface area (Å²) in [6.45, 7) is 3.61. The van der Waals surface area contributed by atoms with Crippen LogP contribution in [0.4, 0.5) is 0 Å². The lowest BCUT2D eigenvalue weighted by Crippen LogP contribution is -2.50. The van der Waals surface area contributed by atoms with Gasteiger partial charge < -0.3 is 14.8 Å². The highest BCUT2D eigenvalue weighted by Gasteiger charge is 2.28. The van der Waals surface area contributed by atoms with E-state index in [4.69, 9.17) is 0 Å². The van der Waals surface area contributed by atoms with Crippen molar-refractivity contribution in [2.24, 2.45) is 0 Å². The molecular formula is C19H17BrN4O3S. The van der Waals surface area contributed by atoms with Gasteiger partial charge in [0.1, 0.15) is 4.83 Å². The minimum atomic E-state index is -0.235. The molecule has 144 valence electrons. The fraction of sp³-hybridized carbons (Fsp3) is 0.263. The molecule has 0 radical (unpaired) electrons. The summed E-state index contributed by atoms with van der Waals surface area (Å²) in [5.74, 6) is -0.166. The number of nitrogens with zero attached hydrogens (tertiary/aromatic N) is 3. The Labute approximate surface area is 173 Å². The summed E-state index contributed by atoms with van der Waals surface area (Å²) in [5, 5.41) is 0.471. The second-order valence-electron chi connectivity index (χ2n) is 6.53. The fourth-order valence-corrected chi connectivity index (χ4v) is 4.92. The molecule has 7 nitrogen and oxygen atoms in total. The topological polar surface area (TPSA) is 86.4 Å². The number of piperazine rings is 1. The zero-order valence-electron chi connectivity index (χ0n) is 15.1. The Morgan fingerprint density at radius 3 is 2.39 bits per heavy atom. The van der Waals surface area contributed by atoms with E-state index in [9.17, 15) is 14.4 Å². The van der Waals surface area contributed by atoms with Gasteiger partial charge in [-0.15, -0.1) is 11.3 Å². The van der Waals surface area contributed by atoms with Gasteiger partial charge in [0.2, 0.25) is 0 Å². The normalized spacial score (nSPS) is 14.5. The molecule has 0 saturated carbocycles. The number of H-pyrrole nitrogens is 1. The number of nitrogens with one attached hydrogen (secondary N) is 1. The van der Waals surface area contributed by atoms with Crippen molar-refractivity contribution in [2.45, 2.75) is 6.92 Å². The summed E-state index contributed by atoms with van der Waals surface area (Å²) in [6, 6.07) is 7.32.